The molecule has 2 aliphatic rings. The number of aliphatic hydroxyl groups excluding tert-OH is 7. The van der Waals surface area contributed by atoms with Crippen LogP contribution in [0.1, 0.15) is 12.0 Å². The molecule has 3 amide bonds. The van der Waals surface area contributed by atoms with Crippen molar-refractivity contribution < 1.29 is 73.6 Å². The SMILES string of the molecule is CNC(=O)C(CNC(=O)CO/N=C\c1ccc([18F])cc1)NC(=O)CCS[C@@H]1OC(CO)[C@@H](O[C@@H]2OC(CO)[C@@H](O)[C@H](O)C2O)[C@H](O)C1O. The highest BCUT2D eigenvalue weighted by atomic mass is 32.2. The van der Waals surface area contributed by atoms with Gasteiger partial charge in [-0.05, 0) is 17.7 Å². The van der Waals surface area contributed by atoms with Crippen molar-refractivity contribution in [3.8, 4) is 0 Å². The van der Waals surface area contributed by atoms with Crippen LogP contribution in [0.4, 0.5) is 4.39 Å². The van der Waals surface area contributed by atoms with Gasteiger partial charge in [0.05, 0.1) is 19.4 Å². The number of likely N-dealkylation sites (N-methyl/N-ethyl adjacent to an activating group) is 1. The lowest BCUT2D eigenvalue weighted by Gasteiger charge is -2.46. The number of carbonyl (C=O) groups excluding carboxylic acids is 3. The molecule has 10 N–H and O–H groups in total. The lowest BCUT2D eigenvalue weighted by atomic mass is 9.97. The van der Waals surface area contributed by atoms with E-state index in [1.165, 1.54) is 37.5 Å². The van der Waals surface area contributed by atoms with E-state index in [2.05, 4.69) is 21.1 Å². The molecule has 20 heteroatoms. The van der Waals surface area contributed by atoms with E-state index in [0.29, 0.717) is 5.56 Å². The minimum absolute atomic E-state index is 0.0172. The Labute approximate surface area is 278 Å². The van der Waals surface area contributed by atoms with Crippen LogP contribution in [0.3, 0.4) is 0 Å². The summed E-state index contributed by atoms with van der Waals surface area (Å²) in [5.74, 6) is -2.24. The lowest BCUT2D eigenvalue weighted by molar-refractivity contribution is -0.338. The third kappa shape index (κ3) is 11.0. The first-order valence-corrected chi connectivity index (χ1v) is 15.8. The number of oxime groups is 1. The molecule has 2 saturated heterocycles. The number of thioether (sulfide) groups is 1. The Morgan fingerprint density at radius 3 is 2.29 bits per heavy atom. The number of aliphatic hydroxyl groups is 7. The summed E-state index contributed by atoms with van der Waals surface area (Å²) in [6, 6.07) is 4.22. The summed E-state index contributed by atoms with van der Waals surface area (Å²) in [5, 5.41) is 81.8. The van der Waals surface area contributed by atoms with Crippen molar-refractivity contribution in [1.82, 2.24) is 16.0 Å². The first kappa shape index (κ1) is 39.4. The van der Waals surface area contributed by atoms with E-state index in [1.54, 1.807) is 0 Å². The van der Waals surface area contributed by atoms with Crippen molar-refractivity contribution in [3.05, 3.63) is 35.6 Å². The van der Waals surface area contributed by atoms with Gasteiger partial charge in [0.2, 0.25) is 11.8 Å². The highest BCUT2D eigenvalue weighted by Gasteiger charge is 2.50. The number of halogens is 1. The van der Waals surface area contributed by atoms with E-state index in [1.807, 2.05) is 0 Å². The van der Waals surface area contributed by atoms with E-state index >= 15 is 0 Å². The van der Waals surface area contributed by atoms with Crippen molar-refractivity contribution in [2.45, 2.75) is 73.0 Å². The molecule has 0 aromatic heterocycles. The van der Waals surface area contributed by atoms with E-state index in [-0.39, 0.29) is 18.7 Å². The molecular weight excluding hydrogens is 666 g/mol. The van der Waals surface area contributed by atoms with Gasteiger partial charge in [-0.3, -0.25) is 14.4 Å². The van der Waals surface area contributed by atoms with Gasteiger partial charge in [0.15, 0.2) is 12.9 Å². The van der Waals surface area contributed by atoms with Crippen LogP contribution >= 0.6 is 11.8 Å². The van der Waals surface area contributed by atoms with E-state index < -0.39 is 110 Å². The van der Waals surface area contributed by atoms with Crippen LogP contribution in [0.5, 0.6) is 0 Å². The second-order valence-electron chi connectivity index (χ2n) is 10.7. The molecule has 1 aromatic carbocycles. The topological polar surface area (TPSA) is 278 Å². The Balaban J connectivity index is 1.44. The third-order valence-electron chi connectivity index (χ3n) is 7.32. The minimum atomic E-state index is -1.80. The number of hydrogen-bond acceptors (Lipinski definition) is 16. The smallest absolute Gasteiger partial charge is 0.260 e. The predicted molar refractivity (Wildman–Crippen MR) is 162 cm³/mol. The molecular formula is C28H41FN4O14S. The average molecular weight is 708 g/mol. The number of ether oxygens (including phenoxy) is 3. The molecule has 0 saturated carbocycles. The number of carbonyl (C=O) groups is 3. The molecule has 18 nitrogen and oxygen atoms in total. The largest absolute Gasteiger partial charge is 0.394 e. The summed E-state index contributed by atoms with van der Waals surface area (Å²) in [6.07, 6.45) is -13.1. The molecule has 2 heterocycles. The van der Waals surface area contributed by atoms with E-state index in [0.717, 1.165) is 11.8 Å². The number of rotatable bonds is 16. The summed E-state index contributed by atoms with van der Waals surface area (Å²) in [7, 11) is 1.34. The standard InChI is InChI=1S/C28H41FN4O14S/c1-30-26(43)15(9-31-19(37)12-44-32-8-13-2-4-14(29)5-3-13)33-18(36)6-7-48-28-24(42)22(40)25(17(11-35)46-28)47-27-23(41)21(39)20(38)16(10-34)45-27/h2-5,8,15-17,20-25,27-28,34-35,38-42H,6-7,9-12H2,1H3,(H,30,43)(H,31,37)(H,33,36)/b32-8-/t15?,16?,17?,20-,21+,22-,23?,24?,25-,27+,28+/m1/s1/i29-1. The van der Waals surface area contributed by atoms with Crippen LogP contribution in [-0.2, 0) is 33.4 Å². The van der Waals surface area contributed by atoms with Gasteiger partial charge in [0.25, 0.3) is 5.91 Å². The van der Waals surface area contributed by atoms with Gasteiger partial charge in [-0.25, -0.2) is 4.39 Å². The quantitative estimate of drug-likeness (QED) is 0.0571. The maximum atomic E-state index is 13.0. The van der Waals surface area contributed by atoms with Gasteiger partial charge in [-0.2, -0.15) is 0 Å². The summed E-state index contributed by atoms with van der Waals surface area (Å²) >= 11 is 0.914. The average Bonchev–Trinajstić information content (AvgIpc) is 3.08. The first-order valence-electron chi connectivity index (χ1n) is 14.8. The number of benzene rings is 1. The van der Waals surface area contributed by atoms with Crippen LogP contribution in [0.15, 0.2) is 29.4 Å². The molecule has 0 radical (unpaired) electrons. The molecule has 2 aliphatic heterocycles. The second kappa shape index (κ2) is 19.2. The summed E-state index contributed by atoms with van der Waals surface area (Å²) in [6.45, 7) is -2.22. The van der Waals surface area contributed by atoms with Gasteiger partial charge >= 0.3 is 0 Å². The number of hydrogen-bond donors (Lipinski definition) is 10. The maximum Gasteiger partial charge on any atom is 0.260 e. The molecule has 48 heavy (non-hydrogen) atoms. The maximum absolute atomic E-state index is 13.0. The van der Waals surface area contributed by atoms with E-state index in [4.69, 9.17) is 19.0 Å². The van der Waals surface area contributed by atoms with Crippen molar-refractivity contribution in [2.24, 2.45) is 5.16 Å². The first-order chi connectivity index (χ1) is 22.9. The highest BCUT2D eigenvalue weighted by Crippen LogP contribution is 2.33. The van der Waals surface area contributed by atoms with Crippen molar-refractivity contribution in [3.63, 3.8) is 0 Å². The number of nitrogens with one attached hydrogen (secondary N) is 3. The normalized spacial score (nSPS) is 31.2. The Bertz CT molecular complexity index is 1220. The molecule has 1 aromatic rings. The second-order valence-corrected chi connectivity index (χ2v) is 11.9. The Kier molecular flexibility index (Phi) is 15.8. The van der Waals surface area contributed by atoms with Gasteiger partial charge in [-0.15, -0.1) is 11.8 Å². The van der Waals surface area contributed by atoms with Crippen molar-refractivity contribution in [1.29, 1.82) is 0 Å². The highest BCUT2D eigenvalue weighted by molar-refractivity contribution is 7.99. The number of nitrogens with zero attached hydrogens (tertiary/aromatic N) is 1. The fourth-order valence-electron chi connectivity index (χ4n) is 4.62. The van der Waals surface area contributed by atoms with Gasteiger partial charge in [0, 0.05) is 25.8 Å². The minimum Gasteiger partial charge on any atom is -0.394 e. The molecule has 0 aliphatic carbocycles. The fraction of sp³-hybridized carbons (Fsp3) is 0.643. The molecule has 3 rings (SSSR count). The number of amides is 3. The predicted octanol–water partition coefficient (Wildman–Crippen LogP) is -4.73. The Morgan fingerprint density at radius 2 is 1.65 bits per heavy atom. The van der Waals surface area contributed by atoms with Crippen LogP contribution in [0, 0.1) is 5.82 Å². The zero-order valence-corrected chi connectivity index (χ0v) is 26.5. The zero-order chi connectivity index (χ0) is 35.4. The molecule has 11 atom stereocenters. The lowest BCUT2D eigenvalue weighted by Crippen LogP contribution is -2.64. The molecule has 0 bridgehead atoms. The van der Waals surface area contributed by atoms with Crippen molar-refractivity contribution in [2.75, 3.05) is 39.2 Å². The van der Waals surface area contributed by atoms with Crippen LogP contribution in [0.25, 0.3) is 0 Å². The van der Waals surface area contributed by atoms with Gasteiger partial charge in [0.1, 0.15) is 66.1 Å². The molecule has 2 fully saturated rings. The van der Waals surface area contributed by atoms with Gasteiger partial charge < -0.3 is 70.7 Å². The molecule has 270 valence electrons. The molecule has 5 unspecified atom stereocenters. The van der Waals surface area contributed by atoms with E-state index in [9.17, 15) is 54.5 Å². The summed E-state index contributed by atoms with van der Waals surface area (Å²) in [4.78, 5) is 41.9. The van der Waals surface area contributed by atoms with Crippen molar-refractivity contribution >= 4 is 35.7 Å². The Hall–Kier alpha value is -3.02. The van der Waals surface area contributed by atoms with Crippen LogP contribution in [0.2, 0.25) is 0 Å². The Morgan fingerprint density at radius 1 is 0.958 bits per heavy atom. The van der Waals surface area contributed by atoms with Crippen LogP contribution in [-0.4, -0.2) is 165 Å². The summed E-state index contributed by atoms with van der Waals surface area (Å²) in [5.41, 5.74) is -0.615. The monoisotopic (exact) mass is 707 g/mol. The molecule has 0 spiro atoms. The van der Waals surface area contributed by atoms with Gasteiger partial charge in [-0.1, -0.05) is 17.3 Å². The zero-order valence-electron chi connectivity index (χ0n) is 25.7. The fourth-order valence-corrected chi connectivity index (χ4v) is 5.74. The third-order valence-corrected chi connectivity index (χ3v) is 8.47. The summed E-state index contributed by atoms with van der Waals surface area (Å²) < 4.78 is 29.4. The van der Waals surface area contributed by atoms with Crippen LogP contribution < -0.4 is 16.0 Å².